The van der Waals surface area contributed by atoms with Gasteiger partial charge in [0.1, 0.15) is 0 Å². The number of aliphatic hydroxyl groups excluding tert-OH is 1. The molecule has 1 unspecified atom stereocenters. The molecule has 0 aliphatic carbocycles. The molecular formula is C14H15NO6. The summed E-state index contributed by atoms with van der Waals surface area (Å²) in [5.41, 5.74) is 0.328. The Morgan fingerprint density at radius 3 is 2.33 bits per heavy atom. The lowest BCUT2D eigenvalue weighted by atomic mass is 9.91. The number of anilines is 1. The minimum absolute atomic E-state index is 0.00267. The number of ether oxygens (including phenoxy) is 2. The average Bonchev–Trinajstić information content (AvgIpc) is 2.46. The van der Waals surface area contributed by atoms with E-state index in [1.54, 1.807) is 0 Å². The summed E-state index contributed by atoms with van der Waals surface area (Å²) < 4.78 is 10.3. The van der Waals surface area contributed by atoms with Crippen molar-refractivity contribution in [3.63, 3.8) is 0 Å². The maximum absolute atomic E-state index is 12.3. The molecule has 1 aliphatic rings. The van der Waals surface area contributed by atoms with Gasteiger partial charge in [-0.05, 0) is 13.0 Å². The quantitative estimate of drug-likeness (QED) is 0.641. The number of carboxylic acid groups (broad SMARTS) is 1. The molecule has 1 aromatic carbocycles. The van der Waals surface area contributed by atoms with Crippen LogP contribution in [0.2, 0.25) is 0 Å². The van der Waals surface area contributed by atoms with Crippen molar-refractivity contribution >= 4 is 17.6 Å². The summed E-state index contributed by atoms with van der Waals surface area (Å²) in [6.45, 7) is 1.52. The van der Waals surface area contributed by atoms with Crippen molar-refractivity contribution in [2.45, 2.75) is 13.0 Å². The summed E-state index contributed by atoms with van der Waals surface area (Å²) in [4.78, 5) is 24.8. The molecule has 1 aromatic rings. The first-order chi connectivity index (χ1) is 9.96. The third kappa shape index (κ3) is 2.16. The number of ketones is 1. The van der Waals surface area contributed by atoms with Crippen LogP contribution in [0, 0.1) is 0 Å². The highest BCUT2D eigenvalue weighted by atomic mass is 16.5. The lowest BCUT2D eigenvalue weighted by Crippen LogP contribution is -2.45. The summed E-state index contributed by atoms with van der Waals surface area (Å²) in [5, 5.41) is 18.6. The smallest absolute Gasteiger partial charge is 0.412 e. The molecule has 0 saturated carbocycles. The van der Waals surface area contributed by atoms with E-state index in [4.69, 9.17) is 9.47 Å². The molecule has 1 heterocycles. The number of fused-ring (bicyclic) bond motifs is 1. The van der Waals surface area contributed by atoms with E-state index in [0.29, 0.717) is 17.8 Å². The first-order valence-electron chi connectivity index (χ1n) is 6.13. The summed E-state index contributed by atoms with van der Waals surface area (Å²) in [6, 6.07) is 2.04. The molecule has 0 fully saturated rings. The fourth-order valence-electron chi connectivity index (χ4n) is 2.38. The molecule has 0 aromatic heterocycles. The van der Waals surface area contributed by atoms with E-state index < -0.39 is 17.9 Å². The van der Waals surface area contributed by atoms with E-state index >= 15 is 0 Å². The zero-order valence-electron chi connectivity index (χ0n) is 11.8. The second kappa shape index (κ2) is 5.35. The molecule has 0 saturated heterocycles. The maximum Gasteiger partial charge on any atom is 0.412 e. The Kier molecular flexibility index (Phi) is 3.75. The van der Waals surface area contributed by atoms with Crippen molar-refractivity contribution in [3.8, 4) is 11.5 Å². The van der Waals surface area contributed by atoms with Gasteiger partial charge < -0.3 is 19.7 Å². The molecule has 1 atom stereocenters. The second-order valence-electron chi connectivity index (χ2n) is 4.47. The Labute approximate surface area is 121 Å². The number of carbonyl (C=O) groups is 2. The van der Waals surface area contributed by atoms with Gasteiger partial charge in [-0.3, -0.25) is 9.69 Å². The van der Waals surface area contributed by atoms with E-state index in [2.05, 4.69) is 0 Å². The van der Waals surface area contributed by atoms with Crippen LogP contribution in [0.3, 0.4) is 0 Å². The monoisotopic (exact) mass is 293 g/mol. The number of nitrogens with zero attached hydrogens (tertiary/aromatic N) is 1. The fraction of sp³-hybridized carbons (Fsp3) is 0.286. The molecule has 0 bridgehead atoms. The highest BCUT2D eigenvalue weighted by molar-refractivity contribution is 6.18. The van der Waals surface area contributed by atoms with Gasteiger partial charge in [0.15, 0.2) is 17.3 Å². The van der Waals surface area contributed by atoms with Crippen molar-refractivity contribution in [2.75, 3.05) is 19.1 Å². The highest BCUT2D eigenvalue weighted by Gasteiger charge is 2.38. The third-order valence-electron chi connectivity index (χ3n) is 3.45. The molecule has 7 heteroatoms. The Balaban J connectivity index is 2.75. The fourth-order valence-corrected chi connectivity index (χ4v) is 2.38. The standard InChI is InChI=1S/C14H15NO6/c1-7-9(6-16)13(17)8-4-11(20-2)12(21-3)5-10(8)15(7)14(18)19/h4-7,16H,1-3H3,(H,18,19). The van der Waals surface area contributed by atoms with Crippen molar-refractivity contribution in [1.29, 1.82) is 0 Å². The number of aliphatic hydroxyl groups is 1. The molecule has 0 radical (unpaired) electrons. The van der Waals surface area contributed by atoms with E-state index in [0.717, 1.165) is 4.90 Å². The van der Waals surface area contributed by atoms with Gasteiger partial charge in [-0.1, -0.05) is 0 Å². The summed E-state index contributed by atoms with van der Waals surface area (Å²) in [5.74, 6) is 0.180. The molecule has 2 rings (SSSR count). The van der Waals surface area contributed by atoms with Crippen LogP contribution in [0.25, 0.3) is 0 Å². The van der Waals surface area contributed by atoms with Gasteiger partial charge in [-0.25, -0.2) is 4.79 Å². The maximum atomic E-state index is 12.3. The van der Waals surface area contributed by atoms with Crippen LogP contribution in [0.1, 0.15) is 17.3 Å². The molecule has 1 amide bonds. The third-order valence-corrected chi connectivity index (χ3v) is 3.45. The van der Waals surface area contributed by atoms with Crippen molar-refractivity contribution in [1.82, 2.24) is 0 Å². The van der Waals surface area contributed by atoms with E-state index in [9.17, 15) is 19.8 Å². The lowest BCUT2D eigenvalue weighted by Gasteiger charge is -2.34. The summed E-state index contributed by atoms with van der Waals surface area (Å²) in [6.07, 6.45) is -0.592. The number of amides is 1. The molecular weight excluding hydrogens is 278 g/mol. The van der Waals surface area contributed by atoms with Gasteiger partial charge in [0, 0.05) is 6.07 Å². The largest absolute Gasteiger partial charge is 0.515 e. The Bertz CT molecular complexity index is 637. The minimum atomic E-state index is -1.23. The number of rotatable bonds is 2. The van der Waals surface area contributed by atoms with Crippen molar-refractivity contribution in [3.05, 3.63) is 29.5 Å². The molecule has 0 spiro atoms. The molecule has 21 heavy (non-hydrogen) atoms. The Morgan fingerprint density at radius 2 is 1.86 bits per heavy atom. The lowest BCUT2D eigenvalue weighted by molar-refractivity contribution is 0.102. The van der Waals surface area contributed by atoms with Crippen molar-refractivity contribution < 1.29 is 29.3 Å². The number of benzene rings is 1. The zero-order valence-corrected chi connectivity index (χ0v) is 11.8. The van der Waals surface area contributed by atoms with Gasteiger partial charge in [-0.15, -0.1) is 0 Å². The SMILES string of the molecule is COc1cc2c(cc1OC)N(C(=O)O)C(C)C(=CO)C2=O. The summed E-state index contributed by atoms with van der Waals surface area (Å²) in [7, 11) is 2.83. The van der Waals surface area contributed by atoms with Crippen molar-refractivity contribution in [2.24, 2.45) is 0 Å². The normalized spacial score (nSPS) is 19.4. The average molecular weight is 293 g/mol. The molecule has 1 aliphatic heterocycles. The predicted molar refractivity (Wildman–Crippen MR) is 74.6 cm³/mol. The number of methoxy groups -OCH3 is 2. The van der Waals surface area contributed by atoms with Crippen LogP contribution in [0.5, 0.6) is 11.5 Å². The van der Waals surface area contributed by atoms with E-state index in [-0.39, 0.29) is 16.8 Å². The van der Waals surface area contributed by atoms with Crippen LogP contribution in [0.15, 0.2) is 24.0 Å². The van der Waals surface area contributed by atoms with Crippen LogP contribution < -0.4 is 14.4 Å². The van der Waals surface area contributed by atoms with E-state index in [1.165, 1.54) is 33.3 Å². The highest BCUT2D eigenvalue weighted by Crippen LogP contribution is 2.40. The predicted octanol–water partition coefficient (Wildman–Crippen LogP) is 2.21. The number of hydrogen-bond donors (Lipinski definition) is 2. The van der Waals surface area contributed by atoms with E-state index in [1.807, 2.05) is 0 Å². The first kappa shape index (κ1) is 14.7. The molecule has 2 N–H and O–H groups in total. The zero-order chi connectivity index (χ0) is 15.7. The van der Waals surface area contributed by atoms with Crippen LogP contribution >= 0.6 is 0 Å². The number of carbonyl (C=O) groups excluding carboxylic acids is 1. The number of Topliss-reactive ketones (excluding diaryl/α,β-unsaturated/α-hetero) is 1. The van der Waals surface area contributed by atoms with Crippen LogP contribution in [-0.4, -0.2) is 42.4 Å². The van der Waals surface area contributed by atoms with Gasteiger partial charge in [0.2, 0.25) is 0 Å². The van der Waals surface area contributed by atoms with Gasteiger partial charge in [0.05, 0.1) is 43.3 Å². The van der Waals surface area contributed by atoms with Crippen LogP contribution in [-0.2, 0) is 0 Å². The number of hydrogen-bond acceptors (Lipinski definition) is 5. The van der Waals surface area contributed by atoms with Crippen LogP contribution in [0.4, 0.5) is 10.5 Å². The Hall–Kier alpha value is -2.70. The van der Waals surface area contributed by atoms with Gasteiger partial charge in [-0.2, -0.15) is 0 Å². The van der Waals surface area contributed by atoms with Gasteiger partial charge >= 0.3 is 6.09 Å². The minimum Gasteiger partial charge on any atom is -0.515 e. The molecule has 7 nitrogen and oxygen atoms in total. The first-order valence-corrected chi connectivity index (χ1v) is 6.13. The molecule has 112 valence electrons. The second-order valence-corrected chi connectivity index (χ2v) is 4.47. The summed E-state index contributed by atoms with van der Waals surface area (Å²) >= 11 is 0. The topological polar surface area (TPSA) is 96.3 Å². The van der Waals surface area contributed by atoms with Gasteiger partial charge in [0.25, 0.3) is 0 Å². The Morgan fingerprint density at radius 1 is 1.29 bits per heavy atom.